The smallest absolute Gasteiger partial charge is 0.170 e. The Bertz CT molecular complexity index is 1120. The second-order valence-electron chi connectivity index (χ2n) is 6.60. The average molecular weight is 418 g/mol. The highest BCUT2D eigenvalue weighted by Crippen LogP contribution is 2.36. The predicted molar refractivity (Wildman–Crippen MR) is 109 cm³/mol. The molecule has 0 N–H and O–H groups in total. The van der Waals surface area contributed by atoms with Gasteiger partial charge in [-0.25, -0.2) is 22.0 Å². The summed E-state index contributed by atoms with van der Waals surface area (Å²) < 4.78 is 78.4. The van der Waals surface area contributed by atoms with Gasteiger partial charge in [0, 0.05) is 5.56 Å². The minimum Gasteiger partial charge on any atom is -0.494 e. The molecule has 0 radical (unpaired) electrons. The molecule has 0 bridgehead atoms. The molecule has 3 rings (SSSR count). The molecule has 3 aromatic rings. The highest BCUT2D eigenvalue weighted by Gasteiger charge is 2.23. The third-order valence-electron chi connectivity index (χ3n) is 4.67. The number of hydrogen-bond donors (Lipinski definition) is 0. The summed E-state index contributed by atoms with van der Waals surface area (Å²) in [6.45, 7) is 5.72. The summed E-state index contributed by atoms with van der Waals surface area (Å²) in [4.78, 5) is 0. The highest BCUT2D eigenvalue weighted by atomic mass is 19.2. The molecule has 156 valence electrons. The van der Waals surface area contributed by atoms with Crippen molar-refractivity contribution < 1.29 is 26.7 Å². The summed E-state index contributed by atoms with van der Waals surface area (Å²) in [5.41, 5.74) is -0.892. The quantitative estimate of drug-likeness (QED) is 0.219. The van der Waals surface area contributed by atoms with Gasteiger partial charge in [-0.15, -0.1) is 6.58 Å². The van der Waals surface area contributed by atoms with Crippen LogP contribution in [0, 0.1) is 17.5 Å². The summed E-state index contributed by atoms with van der Waals surface area (Å²) >= 11 is 0. The molecule has 0 atom stereocenters. The average Bonchev–Trinajstić information content (AvgIpc) is 2.75. The molecular weight excluding hydrogens is 399 g/mol. The summed E-state index contributed by atoms with van der Waals surface area (Å²) in [6, 6.07) is 9.06. The maximum Gasteiger partial charge on any atom is 0.170 e. The van der Waals surface area contributed by atoms with E-state index in [1.54, 1.807) is 13.0 Å². The second kappa shape index (κ2) is 9.11. The first-order valence-electron chi connectivity index (χ1n) is 9.37. The first-order chi connectivity index (χ1) is 14.4. The second-order valence-corrected chi connectivity index (χ2v) is 6.60. The largest absolute Gasteiger partial charge is 0.494 e. The van der Waals surface area contributed by atoms with Crippen molar-refractivity contribution in [2.24, 2.45) is 0 Å². The molecule has 0 aromatic heterocycles. The van der Waals surface area contributed by atoms with Gasteiger partial charge in [-0.05, 0) is 61.0 Å². The fourth-order valence-corrected chi connectivity index (χ4v) is 3.14. The van der Waals surface area contributed by atoms with Gasteiger partial charge in [0.2, 0.25) is 0 Å². The molecule has 3 aromatic carbocycles. The van der Waals surface area contributed by atoms with Gasteiger partial charge >= 0.3 is 0 Å². The van der Waals surface area contributed by atoms with Crippen molar-refractivity contribution in [3.05, 3.63) is 89.3 Å². The van der Waals surface area contributed by atoms with Gasteiger partial charge < -0.3 is 4.74 Å². The van der Waals surface area contributed by atoms with Crippen LogP contribution >= 0.6 is 0 Å². The van der Waals surface area contributed by atoms with Crippen LogP contribution < -0.4 is 4.74 Å². The molecule has 0 heterocycles. The standard InChI is InChI=1S/C24H19F5O/c1-3-5-6-14-7-8-16-13-18(23(28)24(29)19(16)20(14)25)22(27)21(26)15-9-11-17(12-10-15)30-4-2/h3,7-13H,1,4-6H2,2H3. The van der Waals surface area contributed by atoms with Gasteiger partial charge in [0.1, 0.15) is 11.6 Å². The Kier molecular flexibility index (Phi) is 6.55. The molecule has 0 saturated carbocycles. The first-order valence-corrected chi connectivity index (χ1v) is 9.37. The van der Waals surface area contributed by atoms with E-state index in [0.29, 0.717) is 18.8 Å². The number of rotatable bonds is 7. The Labute approximate surface area is 171 Å². The highest BCUT2D eigenvalue weighted by molar-refractivity contribution is 5.91. The Balaban J connectivity index is 2.09. The molecule has 30 heavy (non-hydrogen) atoms. The summed E-state index contributed by atoms with van der Waals surface area (Å²) in [5, 5.41) is -0.662. The third-order valence-corrected chi connectivity index (χ3v) is 4.67. The summed E-state index contributed by atoms with van der Waals surface area (Å²) in [5.74, 6) is -6.61. The van der Waals surface area contributed by atoms with E-state index in [4.69, 9.17) is 4.74 Å². The van der Waals surface area contributed by atoms with Gasteiger partial charge in [-0.2, -0.15) is 0 Å². The molecule has 0 aliphatic heterocycles. The Morgan fingerprint density at radius 2 is 1.63 bits per heavy atom. The lowest BCUT2D eigenvalue weighted by molar-refractivity contribution is 0.340. The number of hydrogen-bond acceptors (Lipinski definition) is 1. The molecule has 0 unspecified atom stereocenters. The summed E-state index contributed by atoms with van der Waals surface area (Å²) in [7, 11) is 0. The van der Waals surface area contributed by atoms with Crippen LogP contribution in [0.3, 0.4) is 0 Å². The fraction of sp³-hybridized carbons (Fsp3) is 0.167. The Morgan fingerprint density at radius 3 is 2.27 bits per heavy atom. The van der Waals surface area contributed by atoms with Crippen molar-refractivity contribution in [1.82, 2.24) is 0 Å². The van der Waals surface area contributed by atoms with Crippen LogP contribution in [0.25, 0.3) is 22.4 Å². The van der Waals surface area contributed by atoms with Gasteiger partial charge in [0.25, 0.3) is 0 Å². The van der Waals surface area contributed by atoms with Crippen molar-refractivity contribution in [3.8, 4) is 5.75 Å². The topological polar surface area (TPSA) is 9.23 Å². The van der Waals surface area contributed by atoms with Gasteiger partial charge in [-0.3, -0.25) is 0 Å². The fourth-order valence-electron chi connectivity index (χ4n) is 3.14. The van der Waals surface area contributed by atoms with E-state index in [0.717, 1.165) is 6.07 Å². The minimum absolute atomic E-state index is 0.0709. The lowest BCUT2D eigenvalue weighted by Gasteiger charge is -2.11. The van der Waals surface area contributed by atoms with E-state index in [2.05, 4.69) is 6.58 Å². The van der Waals surface area contributed by atoms with E-state index in [1.165, 1.54) is 36.4 Å². The van der Waals surface area contributed by atoms with Gasteiger partial charge in [0.15, 0.2) is 23.3 Å². The third kappa shape index (κ3) is 4.08. The van der Waals surface area contributed by atoms with Crippen LogP contribution in [-0.2, 0) is 6.42 Å². The minimum atomic E-state index is -1.65. The zero-order valence-electron chi connectivity index (χ0n) is 16.2. The number of allylic oxidation sites excluding steroid dienone is 1. The maximum atomic E-state index is 14.7. The maximum absolute atomic E-state index is 14.7. The van der Waals surface area contributed by atoms with Crippen molar-refractivity contribution in [1.29, 1.82) is 0 Å². The predicted octanol–water partition coefficient (Wildman–Crippen LogP) is 7.54. The van der Waals surface area contributed by atoms with E-state index in [9.17, 15) is 22.0 Å². The first kappa shape index (κ1) is 21.6. The number of fused-ring (bicyclic) bond motifs is 1. The Hall–Kier alpha value is -3.15. The lowest BCUT2D eigenvalue weighted by atomic mass is 9.99. The van der Waals surface area contributed by atoms with E-state index in [-0.39, 0.29) is 22.9 Å². The molecule has 0 amide bonds. The Morgan fingerprint density at radius 1 is 0.933 bits per heavy atom. The van der Waals surface area contributed by atoms with Crippen molar-refractivity contribution >= 4 is 22.4 Å². The zero-order valence-corrected chi connectivity index (χ0v) is 16.2. The van der Waals surface area contributed by atoms with E-state index < -0.39 is 40.1 Å². The van der Waals surface area contributed by atoms with Crippen molar-refractivity contribution in [3.63, 3.8) is 0 Å². The molecule has 0 spiro atoms. The SMILES string of the molecule is C=CCCc1ccc2cc(C(F)=C(F)c3ccc(OCC)cc3)c(F)c(F)c2c1F. The normalized spacial score (nSPS) is 12.1. The van der Waals surface area contributed by atoms with E-state index >= 15 is 0 Å². The van der Waals surface area contributed by atoms with Crippen LogP contribution in [0.2, 0.25) is 0 Å². The molecule has 0 fully saturated rings. The van der Waals surface area contributed by atoms with Crippen LogP contribution in [0.5, 0.6) is 5.75 Å². The van der Waals surface area contributed by atoms with Gasteiger partial charge in [0.05, 0.1) is 17.6 Å². The van der Waals surface area contributed by atoms with E-state index in [1.807, 2.05) is 0 Å². The van der Waals surface area contributed by atoms with Crippen LogP contribution in [0.1, 0.15) is 30.0 Å². The molecular formula is C24H19F5O. The molecule has 6 heteroatoms. The number of aryl methyl sites for hydroxylation is 1. The molecule has 0 aliphatic carbocycles. The monoisotopic (exact) mass is 418 g/mol. The van der Waals surface area contributed by atoms with Crippen LogP contribution in [-0.4, -0.2) is 6.61 Å². The van der Waals surface area contributed by atoms with Crippen molar-refractivity contribution in [2.75, 3.05) is 6.61 Å². The van der Waals surface area contributed by atoms with Crippen LogP contribution in [0.4, 0.5) is 22.0 Å². The molecule has 0 saturated heterocycles. The van der Waals surface area contributed by atoms with Crippen LogP contribution in [0.15, 0.2) is 55.1 Å². The number of benzene rings is 3. The number of ether oxygens (including phenoxy) is 1. The lowest BCUT2D eigenvalue weighted by Crippen LogP contribution is -2.00. The molecule has 1 nitrogen and oxygen atoms in total. The van der Waals surface area contributed by atoms with Crippen molar-refractivity contribution in [2.45, 2.75) is 19.8 Å². The zero-order chi connectivity index (χ0) is 21.8. The number of halogens is 5. The van der Waals surface area contributed by atoms with Gasteiger partial charge in [-0.1, -0.05) is 18.2 Å². The summed E-state index contributed by atoms with van der Waals surface area (Å²) in [6.07, 6.45) is 2.29. The molecule has 0 aliphatic rings.